The minimum atomic E-state index is -1.49. The van der Waals surface area contributed by atoms with Crippen LogP contribution >= 0.6 is 0 Å². The molecule has 0 fully saturated rings. The summed E-state index contributed by atoms with van der Waals surface area (Å²) in [4.78, 5) is 33.9. The zero-order valence-electron chi connectivity index (χ0n) is 9.88. The summed E-state index contributed by atoms with van der Waals surface area (Å²) < 4.78 is 0. The van der Waals surface area contributed by atoms with Gasteiger partial charge in [0, 0.05) is 5.41 Å². The summed E-state index contributed by atoms with van der Waals surface area (Å²) in [5.74, 6) is -1.98. The molecule has 0 aromatic heterocycles. The van der Waals surface area contributed by atoms with Crippen LogP contribution in [0.3, 0.4) is 0 Å². The molecular formula is C11H20BaO4. The van der Waals surface area contributed by atoms with Gasteiger partial charge in [0.2, 0.25) is 0 Å². The van der Waals surface area contributed by atoms with Gasteiger partial charge >= 0.3 is 54.9 Å². The Hall–Kier alpha value is 0.381. The van der Waals surface area contributed by atoms with Crippen LogP contribution in [0.25, 0.3) is 0 Å². The Labute approximate surface area is 136 Å². The summed E-state index contributed by atoms with van der Waals surface area (Å²) in [6.07, 6.45) is -0.317. The molecular weight excluding hydrogens is 333 g/mol. The fourth-order valence-electron chi connectivity index (χ4n) is 0.751. The van der Waals surface area contributed by atoms with E-state index in [-0.39, 0.29) is 61.1 Å². The van der Waals surface area contributed by atoms with Crippen molar-refractivity contribution in [2.75, 3.05) is 0 Å². The molecule has 0 atom stereocenters. The zero-order valence-corrected chi connectivity index (χ0v) is 9.88. The summed E-state index contributed by atoms with van der Waals surface area (Å²) in [5.41, 5.74) is -2.09. The number of ketones is 2. The van der Waals surface area contributed by atoms with Gasteiger partial charge in [0.25, 0.3) is 0 Å². The first-order valence-corrected chi connectivity index (χ1v) is 4.79. The van der Waals surface area contributed by atoms with Crippen LogP contribution in [0.15, 0.2) is 0 Å². The Bertz CT molecular complexity index is 300. The van der Waals surface area contributed by atoms with Gasteiger partial charge in [0.15, 0.2) is 5.78 Å². The van der Waals surface area contributed by atoms with Crippen LogP contribution in [0.4, 0.5) is 0 Å². The van der Waals surface area contributed by atoms with Crippen molar-refractivity contribution in [2.45, 2.75) is 41.0 Å². The molecule has 0 aliphatic heterocycles. The molecule has 0 aliphatic carbocycles. The van der Waals surface area contributed by atoms with Crippen molar-refractivity contribution in [2.24, 2.45) is 10.8 Å². The molecule has 0 saturated heterocycles. The van der Waals surface area contributed by atoms with E-state index in [1.807, 2.05) is 0 Å². The maximum atomic E-state index is 11.6. The molecule has 5 heteroatoms. The molecule has 0 aromatic rings. The Balaban J connectivity index is 0. The van der Waals surface area contributed by atoms with Crippen LogP contribution in [0.1, 0.15) is 41.0 Å². The molecule has 0 unspecified atom stereocenters. The van der Waals surface area contributed by atoms with Crippen molar-refractivity contribution < 1.29 is 19.5 Å². The van der Waals surface area contributed by atoms with Gasteiger partial charge in [-0.05, 0) is 13.8 Å². The number of carbonyl (C=O) groups excluding carboxylic acids is 2. The molecule has 0 saturated carbocycles. The van der Waals surface area contributed by atoms with Crippen molar-refractivity contribution in [3.63, 3.8) is 0 Å². The third-order valence-corrected chi connectivity index (χ3v) is 2.39. The Morgan fingerprint density at radius 2 is 1.31 bits per heavy atom. The van der Waals surface area contributed by atoms with E-state index in [4.69, 9.17) is 5.11 Å². The predicted octanol–water partition coefficient (Wildman–Crippen LogP) is 0.755. The van der Waals surface area contributed by atoms with E-state index in [1.54, 1.807) is 20.8 Å². The molecule has 4 nitrogen and oxygen atoms in total. The zero-order chi connectivity index (χ0) is 12.4. The number of carbonyl (C=O) groups is 3. The van der Waals surface area contributed by atoms with Gasteiger partial charge in [-0.2, -0.15) is 0 Å². The van der Waals surface area contributed by atoms with Crippen molar-refractivity contribution >= 4 is 66.4 Å². The molecule has 0 heterocycles. The van der Waals surface area contributed by atoms with Gasteiger partial charge < -0.3 is 5.11 Å². The predicted molar refractivity (Wildman–Crippen MR) is 64.0 cm³/mol. The van der Waals surface area contributed by atoms with Crippen molar-refractivity contribution in [3.8, 4) is 0 Å². The normalized spacial score (nSPS) is 11.6. The fraction of sp³-hybridized carbons (Fsp3) is 0.727. The van der Waals surface area contributed by atoms with Gasteiger partial charge in [0.05, 0.1) is 6.42 Å². The van der Waals surface area contributed by atoms with Gasteiger partial charge in [0.1, 0.15) is 11.2 Å². The molecule has 0 bridgehead atoms. The first-order valence-electron chi connectivity index (χ1n) is 4.79. The number of rotatable bonds is 4. The van der Waals surface area contributed by atoms with Crippen molar-refractivity contribution in [1.82, 2.24) is 0 Å². The third-order valence-electron chi connectivity index (χ3n) is 2.39. The molecule has 0 rings (SSSR count). The number of hydrogen-bond donors (Lipinski definition) is 1. The van der Waals surface area contributed by atoms with E-state index in [2.05, 4.69) is 0 Å². The average molecular weight is 354 g/mol. The van der Waals surface area contributed by atoms with Crippen LogP contribution in [-0.2, 0) is 14.4 Å². The number of aliphatic carboxylic acids is 1. The molecule has 0 aromatic carbocycles. The second kappa shape index (κ2) is 6.35. The molecule has 1 N–H and O–H groups in total. The topological polar surface area (TPSA) is 71.4 Å². The number of carboxylic acids is 1. The van der Waals surface area contributed by atoms with E-state index in [0.29, 0.717) is 0 Å². The quantitative estimate of drug-likeness (QED) is 0.598. The van der Waals surface area contributed by atoms with E-state index >= 15 is 0 Å². The van der Waals surface area contributed by atoms with Gasteiger partial charge in [-0.15, -0.1) is 0 Å². The van der Waals surface area contributed by atoms with Gasteiger partial charge in [-0.1, -0.05) is 20.8 Å². The van der Waals surface area contributed by atoms with Crippen molar-refractivity contribution in [3.05, 3.63) is 0 Å². The third kappa shape index (κ3) is 5.14. The standard InChI is InChI=1S/C11H18O4.Ba.2H/c1-10(2,3)7(12)6-8(13)11(4,5)9(14)15;;;/h6H2,1-5H3,(H,14,15);;;. The monoisotopic (exact) mass is 354 g/mol. The minimum absolute atomic E-state index is 0. The van der Waals surface area contributed by atoms with Crippen LogP contribution < -0.4 is 0 Å². The maximum absolute atomic E-state index is 11.6. The molecule has 16 heavy (non-hydrogen) atoms. The summed E-state index contributed by atoms with van der Waals surface area (Å²) >= 11 is 0. The van der Waals surface area contributed by atoms with E-state index in [9.17, 15) is 14.4 Å². The molecule has 0 radical (unpaired) electrons. The SMILES string of the molecule is CC(C)(C)C(=O)CC(=O)C(C)(C)C(=O)O.[BaH2]. The van der Waals surface area contributed by atoms with Crippen LogP contribution in [0, 0.1) is 10.8 Å². The second-order valence-electron chi connectivity index (χ2n) is 5.20. The Kier molecular flexibility index (Phi) is 7.44. The first kappa shape index (κ1) is 18.7. The number of Topliss-reactive ketones (excluding diaryl/α,β-unsaturated/α-hetero) is 2. The summed E-state index contributed by atoms with van der Waals surface area (Å²) in [6.45, 7) is 7.74. The van der Waals surface area contributed by atoms with Gasteiger partial charge in [-0.25, -0.2) is 0 Å². The first-order chi connectivity index (χ1) is 6.49. The molecule has 0 amide bonds. The Morgan fingerprint density at radius 3 is 1.56 bits per heavy atom. The van der Waals surface area contributed by atoms with Crippen molar-refractivity contribution in [1.29, 1.82) is 0 Å². The summed E-state index contributed by atoms with van der Waals surface area (Å²) in [6, 6.07) is 0. The fourth-order valence-corrected chi connectivity index (χ4v) is 0.751. The molecule has 0 aliphatic rings. The summed E-state index contributed by atoms with van der Waals surface area (Å²) in [5, 5.41) is 8.80. The van der Waals surface area contributed by atoms with Crippen LogP contribution in [0.5, 0.6) is 0 Å². The van der Waals surface area contributed by atoms with Crippen LogP contribution in [0.2, 0.25) is 0 Å². The average Bonchev–Trinajstić information content (AvgIpc) is 2.01. The number of hydrogen-bond acceptors (Lipinski definition) is 3. The summed E-state index contributed by atoms with van der Waals surface area (Å²) in [7, 11) is 0. The van der Waals surface area contributed by atoms with E-state index < -0.39 is 22.6 Å². The molecule has 0 spiro atoms. The molecule has 90 valence electrons. The van der Waals surface area contributed by atoms with Crippen LogP contribution in [-0.4, -0.2) is 71.5 Å². The second-order valence-corrected chi connectivity index (χ2v) is 5.20. The number of carboxylic acid groups (broad SMARTS) is 1. The van der Waals surface area contributed by atoms with Gasteiger partial charge in [-0.3, -0.25) is 14.4 Å². The van der Waals surface area contributed by atoms with E-state index in [0.717, 1.165) is 0 Å². The Morgan fingerprint density at radius 1 is 0.938 bits per heavy atom. The van der Waals surface area contributed by atoms with E-state index in [1.165, 1.54) is 13.8 Å².